The summed E-state index contributed by atoms with van der Waals surface area (Å²) in [5.41, 5.74) is 2.42. The second kappa shape index (κ2) is 14.3. The smallest absolute Gasteiger partial charge is 0.125 e. The van der Waals surface area contributed by atoms with Gasteiger partial charge in [0.2, 0.25) is 0 Å². The van der Waals surface area contributed by atoms with Gasteiger partial charge in [0.25, 0.3) is 0 Å². The van der Waals surface area contributed by atoms with Gasteiger partial charge < -0.3 is 0 Å². The van der Waals surface area contributed by atoms with Gasteiger partial charge in [0.05, 0.1) is 0 Å². The zero-order valence-corrected chi connectivity index (χ0v) is 17.1. The van der Waals surface area contributed by atoms with Crippen molar-refractivity contribution in [3.63, 3.8) is 0 Å². The highest BCUT2D eigenvalue weighted by Gasteiger charge is 1.76. The lowest BCUT2D eigenvalue weighted by molar-refractivity contribution is 1.05. The molecular weight excluding hydrogens is 352 g/mol. The van der Waals surface area contributed by atoms with Crippen LogP contribution in [0.25, 0.3) is 0 Å². The normalized spacial score (nSPS) is 8.74. The van der Waals surface area contributed by atoms with Gasteiger partial charge in [0.15, 0.2) is 0 Å². The standard InChI is InChI=1S/C7H8.2C5H6N2.C5H6S/c1-7-5-3-2-4-6-7;1-5-2-6-4-7-3-5;1-5-6-3-2-4-7-5;1-5-3-2-4-6-5/h2-6H,1H3;2*2-4H,1H3;2-4H,1H3. The minimum atomic E-state index is 0.822. The summed E-state index contributed by atoms with van der Waals surface area (Å²) in [6, 6.07) is 16.2. The molecule has 0 radical (unpaired) electrons. The zero-order valence-electron chi connectivity index (χ0n) is 16.3. The number of thiophene rings is 1. The van der Waals surface area contributed by atoms with Crippen molar-refractivity contribution >= 4 is 11.3 Å². The minimum Gasteiger partial charge on any atom is -0.245 e. The van der Waals surface area contributed by atoms with E-state index in [1.54, 1.807) is 42.2 Å². The molecule has 5 heteroatoms. The van der Waals surface area contributed by atoms with E-state index in [0.717, 1.165) is 11.4 Å². The summed E-state index contributed by atoms with van der Waals surface area (Å²) in [4.78, 5) is 16.7. The lowest BCUT2D eigenvalue weighted by Gasteiger charge is -1.82. The average molecular weight is 379 g/mol. The summed E-state index contributed by atoms with van der Waals surface area (Å²) in [6.07, 6.45) is 8.51. The number of hydrogen-bond acceptors (Lipinski definition) is 5. The molecule has 140 valence electrons. The number of rotatable bonds is 0. The first-order valence-corrected chi connectivity index (χ1v) is 9.43. The summed E-state index contributed by atoms with van der Waals surface area (Å²) in [5.74, 6) is 0.822. The first-order chi connectivity index (χ1) is 13.1. The Bertz CT molecular complexity index is 716. The van der Waals surface area contributed by atoms with Crippen molar-refractivity contribution in [3.8, 4) is 0 Å². The van der Waals surface area contributed by atoms with Gasteiger partial charge in [-0.05, 0) is 50.8 Å². The van der Waals surface area contributed by atoms with Gasteiger partial charge in [-0.3, -0.25) is 0 Å². The maximum absolute atomic E-state index is 3.87. The van der Waals surface area contributed by atoms with Crippen molar-refractivity contribution in [1.29, 1.82) is 0 Å². The summed E-state index contributed by atoms with van der Waals surface area (Å²) >= 11 is 1.78. The zero-order chi connectivity index (χ0) is 19.7. The van der Waals surface area contributed by atoms with Gasteiger partial charge in [0.1, 0.15) is 12.2 Å². The number of hydrogen-bond donors (Lipinski definition) is 0. The number of aromatic nitrogens is 4. The van der Waals surface area contributed by atoms with E-state index < -0.39 is 0 Å². The first-order valence-electron chi connectivity index (χ1n) is 8.55. The molecule has 4 rings (SSSR count). The molecule has 0 aliphatic rings. The fourth-order valence-electron chi connectivity index (χ4n) is 1.64. The Labute approximate surface area is 166 Å². The molecule has 3 heterocycles. The number of nitrogens with zero attached hydrogens (tertiary/aromatic N) is 4. The fraction of sp³-hybridized carbons (Fsp3) is 0.182. The van der Waals surface area contributed by atoms with E-state index in [0.29, 0.717) is 0 Å². The Balaban J connectivity index is 0.000000180. The fourth-order valence-corrected chi connectivity index (χ4v) is 2.17. The molecule has 0 saturated heterocycles. The van der Waals surface area contributed by atoms with Crippen molar-refractivity contribution in [2.75, 3.05) is 0 Å². The Morgan fingerprint density at radius 3 is 1.56 bits per heavy atom. The molecule has 0 fully saturated rings. The van der Waals surface area contributed by atoms with Crippen LogP contribution in [-0.4, -0.2) is 19.9 Å². The van der Waals surface area contributed by atoms with Crippen LogP contribution in [0.15, 0.2) is 85.0 Å². The molecule has 1 aromatic carbocycles. The molecule has 0 N–H and O–H groups in total. The van der Waals surface area contributed by atoms with Crippen LogP contribution in [0.5, 0.6) is 0 Å². The van der Waals surface area contributed by atoms with Crippen molar-refractivity contribution in [2.45, 2.75) is 27.7 Å². The monoisotopic (exact) mass is 378 g/mol. The Hall–Kier alpha value is -2.92. The van der Waals surface area contributed by atoms with E-state index in [1.807, 2.05) is 32.0 Å². The second-order valence-corrected chi connectivity index (χ2v) is 6.74. The topological polar surface area (TPSA) is 51.6 Å². The van der Waals surface area contributed by atoms with Gasteiger partial charge in [-0.15, -0.1) is 11.3 Å². The highest BCUT2D eigenvalue weighted by molar-refractivity contribution is 7.09. The predicted molar refractivity (Wildman–Crippen MR) is 114 cm³/mol. The third-order valence-electron chi connectivity index (χ3n) is 2.99. The van der Waals surface area contributed by atoms with Crippen molar-refractivity contribution < 1.29 is 0 Å². The lowest BCUT2D eigenvalue weighted by atomic mass is 10.2. The largest absolute Gasteiger partial charge is 0.245 e. The van der Waals surface area contributed by atoms with E-state index in [2.05, 4.69) is 63.4 Å². The summed E-state index contributed by atoms with van der Waals surface area (Å²) in [7, 11) is 0. The third-order valence-corrected chi connectivity index (χ3v) is 3.79. The van der Waals surface area contributed by atoms with E-state index in [-0.39, 0.29) is 0 Å². The molecule has 0 amide bonds. The third kappa shape index (κ3) is 13.0. The Morgan fingerprint density at radius 2 is 1.30 bits per heavy atom. The average Bonchev–Trinajstić information content (AvgIpc) is 3.16. The second-order valence-electron chi connectivity index (χ2n) is 5.59. The van der Waals surface area contributed by atoms with Gasteiger partial charge in [-0.25, -0.2) is 19.9 Å². The molecule has 3 aromatic heterocycles. The van der Waals surface area contributed by atoms with E-state index in [1.165, 1.54) is 16.8 Å². The SMILES string of the molecule is Cc1ccccc1.Cc1cccs1.Cc1cncnc1.Cc1ncccn1. The molecular formula is C22H26N4S. The van der Waals surface area contributed by atoms with Crippen molar-refractivity contribution in [2.24, 2.45) is 0 Å². The quantitative estimate of drug-likeness (QED) is 0.398. The molecule has 4 nitrogen and oxygen atoms in total. The molecule has 0 spiro atoms. The van der Waals surface area contributed by atoms with Crippen LogP contribution in [0.1, 0.15) is 21.8 Å². The molecule has 27 heavy (non-hydrogen) atoms. The Morgan fingerprint density at radius 1 is 0.667 bits per heavy atom. The number of aryl methyl sites for hydroxylation is 4. The summed E-state index contributed by atoms with van der Waals surface area (Å²) in [6.45, 7) is 8.00. The molecule has 0 aliphatic heterocycles. The molecule has 4 aromatic rings. The van der Waals surface area contributed by atoms with Crippen LogP contribution in [0.4, 0.5) is 0 Å². The molecule has 0 bridgehead atoms. The first kappa shape index (κ1) is 22.1. The van der Waals surface area contributed by atoms with Crippen LogP contribution < -0.4 is 0 Å². The van der Waals surface area contributed by atoms with Gasteiger partial charge in [0, 0.05) is 29.7 Å². The highest BCUT2D eigenvalue weighted by atomic mass is 32.1. The van der Waals surface area contributed by atoms with Crippen molar-refractivity contribution in [1.82, 2.24) is 19.9 Å². The summed E-state index contributed by atoms with van der Waals surface area (Å²) in [5, 5.41) is 2.08. The maximum Gasteiger partial charge on any atom is 0.125 e. The van der Waals surface area contributed by atoms with Crippen LogP contribution >= 0.6 is 11.3 Å². The maximum atomic E-state index is 3.87. The molecule has 0 saturated carbocycles. The van der Waals surface area contributed by atoms with Crippen LogP contribution in [0.2, 0.25) is 0 Å². The van der Waals surface area contributed by atoms with E-state index >= 15 is 0 Å². The molecule has 0 atom stereocenters. The lowest BCUT2D eigenvalue weighted by Crippen LogP contribution is -1.80. The van der Waals surface area contributed by atoms with Crippen LogP contribution in [-0.2, 0) is 0 Å². The summed E-state index contributed by atoms with van der Waals surface area (Å²) < 4.78 is 0. The molecule has 0 aliphatic carbocycles. The molecule has 0 unspecified atom stereocenters. The van der Waals surface area contributed by atoms with Gasteiger partial charge >= 0.3 is 0 Å². The van der Waals surface area contributed by atoms with Gasteiger partial charge in [-0.2, -0.15) is 0 Å². The van der Waals surface area contributed by atoms with Crippen LogP contribution in [0, 0.1) is 27.7 Å². The number of benzene rings is 1. The van der Waals surface area contributed by atoms with E-state index in [4.69, 9.17) is 0 Å². The minimum absolute atomic E-state index is 0.822. The van der Waals surface area contributed by atoms with E-state index in [9.17, 15) is 0 Å². The highest BCUT2D eigenvalue weighted by Crippen LogP contribution is 2.03. The Kier molecular flexibility index (Phi) is 11.7. The predicted octanol–water partition coefficient (Wildman–Crippen LogP) is 5.62. The van der Waals surface area contributed by atoms with Crippen molar-refractivity contribution in [3.05, 3.63) is 107 Å². The van der Waals surface area contributed by atoms with Gasteiger partial charge in [-0.1, -0.05) is 42.0 Å². The van der Waals surface area contributed by atoms with Crippen LogP contribution in [0.3, 0.4) is 0 Å².